The Labute approximate surface area is 172 Å². The monoisotopic (exact) mass is 399 g/mol. The Balaban J connectivity index is 2.16. The molecule has 0 aromatic heterocycles. The van der Waals surface area contributed by atoms with Crippen molar-refractivity contribution in [2.75, 3.05) is 6.61 Å². The topological polar surface area (TPSA) is 67.8 Å². The van der Waals surface area contributed by atoms with Crippen molar-refractivity contribution in [1.82, 2.24) is 5.32 Å². The molecule has 1 aliphatic heterocycles. The van der Waals surface area contributed by atoms with Crippen molar-refractivity contribution >= 4 is 5.91 Å². The maximum atomic E-state index is 11.4. The van der Waals surface area contributed by atoms with Gasteiger partial charge in [0.2, 0.25) is 5.91 Å². The molecule has 0 unspecified atom stereocenters. The van der Waals surface area contributed by atoms with Gasteiger partial charge in [0.15, 0.2) is 5.79 Å². The molecule has 2 N–H and O–H groups in total. The van der Waals surface area contributed by atoms with Gasteiger partial charge in [0.25, 0.3) is 0 Å². The van der Waals surface area contributed by atoms with Gasteiger partial charge >= 0.3 is 0 Å². The van der Waals surface area contributed by atoms with Crippen molar-refractivity contribution in [3.8, 4) is 0 Å². The summed E-state index contributed by atoms with van der Waals surface area (Å²) in [6.45, 7) is 7.37. The fraction of sp³-hybridized carbons (Fsp3) is 0.957. The molecule has 166 valence electrons. The Kier molecular flexibility index (Phi) is 13.0. The molecule has 1 rings (SSSR count). The zero-order chi connectivity index (χ0) is 20.8. The second-order valence-electron chi connectivity index (χ2n) is 8.81. The molecule has 28 heavy (non-hydrogen) atoms. The fourth-order valence-electron chi connectivity index (χ4n) is 4.11. The van der Waals surface area contributed by atoms with Crippen LogP contribution in [0.5, 0.6) is 0 Å². The number of hydrogen-bond acceptors (Lipinski definition) is 4. The first-order chi connectivity index (χ1) is 13.4. The highest BCUT2D eigenvalue weighted by Crippen LogP contribution is 2.32. The molecule has 0 spiro atoms. The SMILES string of the molecule is CCCCCCCCCCCCCC[C@H]1OC(C)(C)O[C@H]1[C@H](CO)NC(C)=O. The Morgan fingerprint density at radius 2 is 1.43 bits per heavy atom. The van der Waals surface area contributed by atoms with Crippen molar-refractivity contribution in [2.24, 2.45) is 0 Å². The van der Waals surface area contributed by atoms with Gasteiger partial charge in [-0.2, -0.15) is 0 Å². The summed E-state index contributed by atoms with van der Waals surface area (Å²) < 4.78 is 12.0. The van der Waals surface area contributed by atoms with Gasteiger partial charge < -0.3 is 19.9 Å². The van der Waals surface area contributed by atoms with Crippen LogP contribution in [0.4, 0.5) is 0 Å². The first-order valence-corrected chi connectivity index (χ1v) is 11.6. The Hall–Kier alpha value is -0.650. The number of carbonyl (C=O) groups is 1. The van der Waals surface area contributed by atoms with E-state index >= 15 is 0 Å². The molecular weight excluding hydrogens is 354 g/mol. The average molecular weight is 400 g/mol. The Bertz CT molecular complexity index is 413. The molecule has 1 saturated heterocycles. The van der Waals surface area contributed by atoms with Gasteiger partial charge in [-0.05, 0) is 20.3 Å². The number of ether oxygens (including phenoxy) is 2. The van der Waals surface area contributed by atoms with Gasteiger partial charge in [-0.15, -0.1) is 0 Å². The minimum absolute atomic E-state index is 0.0814. The molecule has 0 bridgehead atoms. The maximum Gasteiger partial charge on any atom is 0.217 e. The molecule has 1 amide bonds. The van der Waals surface area contributed by atoms with Crippen LogP contribution in [0.2, 0.25) is 0 Å². The van der Waals surface area contributed by atoms with Crippen LogP contribution in [0.15, 0.2) is 0 Å². The third kappa shape index (κ3) is 10.8. The molecule has 5 nitrogen and oxygen atoms in total. The molecule has 0 aromatic rings. The average Bonchev–Trinajstić information content (AvgIpc) is 2.95. The van der Waals surface area contributed by atoms with Crippen LogP contribution >= 0.6 is 0 Å². The van der Waals surface area contributed by atoms with Crippen LogP contribution in [0.25, 0.3) is 0 Å². The second kappa shape index (κ2) is 14.4. The van der Waals surface area contributed by atoms with Crippen molar-refractivity contribution in [2.45, 2.75) is 135 Å². The zero-order valence-corrected chi connectivity index (χ0v) is 18.8. The standard InChI is InChI=1S/C23H45NO4/c1-5-6-7-8-9-10-11-12-13-14-15-16-17-21-22(28-23(3,4)27-21)20(18-25)24-19(2)26/h20-22,25H,5-18H2,1-4H3,(H,24,26)/t20-,21+,22-/m0/s1. The first kappa shape index (κ1) is 25.4. The van der Waals surface area contributed by atoms with Crippen molar-refractivity contribution in [1.29, 1.82) is 0 Å². The highest BCUT2D eigenvalue weighted by atomic mass is 16.8. The number of aliphatic hydroxyl groups excluding tert-OH is 1. The normalized spacial score (nSPS) is 22.3. The van der Waals surface area contributed by atoms with E-state index in [1.807, 2.05) is 13.8 Å². The summed E-state index contributed by atoms with van der Waals surface area (Å²) in [5.74, 6) is -0.824. The van der Waals surface area contributed by atoms with Gasteiger partial charge in [-0.1, -0.05) is 84.0 Å². The van der Waals surface area contributed by atoms with Crippen molar-refractivity contribution in [3.05, 3.63) is 0 Å². The number of unbranched alkanes of at least 4 members (excludes halogenated alkanes) is 11. The van der Waals surface area contributed by atoms with Crippen LogP contribution in [0, 0.1) is 0 Å². The fourth-order valence-corrected chi connectivity index (χ4v) is 4.11. The molecule has 0 aliphatic carbocycles. The smallest absolute Gasteiger partial charge is 0.217 e. The Morgan fingerprint density at radius 1 is 0.929 bits per heavy atom. The van der Waals surface area contributed by atoms with Gasteiger partial charge in [0.1, 0.15) is 6.10 Å². The number of aliphatic hydroxyl groups is 1. The van der Waals surface area contributed by atoms with Gasteiger partial charge in [0, 0.05) is 6.92 Å². The molecule has 1 heterocycles. The van der Waals surface area contributed by atoms with Gasteiger partial charge in [0.05, 0.1) is 18.8 Å². The van der Waals surface area contributed by atoms with Crippen LogP contribution < -0.4 is 5.32 Å². The lowest BCUT2D eigenvalue weighted by Crippen LogP contribution is -2.49. The number of rotatable bonds is 16. The van der Waals surface area contributed by atoms with Crippen LogP contribution in [0.3, 0.4) is 0 Å². The summed E-state index contributed by atoms with van der Waals surface area (Å²) in [5.41, 5.74) is 0. The minimum Gasteiger partial charge on any atom is -0.394 e. The largest absolute Gasteiger partial charge is 0.394 e. The molecule has 1 aliphatic rings. The minimum atomic E-state index is -0.668. The van der Waals surface area contributed by atoms with E-state index in [0.717, 1.165) is 12.8 Å². The molecule has 0 radical (unpaired) electrons. The second-order valence-corrected chi connectivity index (χ2v) is 8.81. The molecular formula is C23H45NO4. The van der Waals surface area contributed by atoms with E-state index < -0.39 is 11.8 Å². The summed E-state index contributed by atoms with van der Waals surface area (Å²) in [5, 5.41) is 12.4. The lowest BCUT2D eigenvalue weighted by Gasteiger charge is -2.25. The molecule has 0 aromatic carbocycles. The lowest BCUT2D eigenvalue weighted by atomic mass is 9.99. The third-order valence-corrected chi connectivity index (χ3v) is 5.55. The Morgan fingerprint density at radius 3 is 1.89 bits per heavy atom. The van der Waals surface area contributed by atoms with E-state index in [-0.39, 0.29) is 24.7 Å². The summed E-state index contributed by atoms with van der Waals surface area (Å²) >= 11 is 0. The van der Waals surface area contributed by atoms with Crippen molar-refractivity contribution < 1.29 is 19.4 Å². The molecule has 5 heteroatoms. The van der Waals surface area contributed by atoms with Crippen LogP contribution in [0.1, 0.15) is 111 Å². The predicted molar refractivity (Wildman–Crippen MR) is 114 cm³/mol. The number of carbonyl (C=O) groups excluding carboxylic acids is 1. The highest BCUT2D eigenvalue weighted by molar-refractivity contribution is 5.73. The lowest BCUT2D eigenvalue weighted by molar-refractivity contribution is -0.151. The van der Waals surface area contributed by atoms with Crippen LogP contribution in [-0.2, 0) is 14.3 Å². The highest BCUT2D eigenvalue weighted by Gasteiger charge is 2.44. The first-order valence-electron chi connectivity index (χ1n) is 11.6. The molecule has 0 saturated carbocycles. The number of amides is 1. The van der Waals surface area contributed by atoms with E-state index in [1.54, 1.807) is 0 Å². The number of nitrogens with one attached hydrogen (secondary N) is 1. The third-order valence-electron chi connectivity index (χ3n) is 5.55. The van der Waals surface area contributed by atoms with E-state index in [1.165, 1.54) is 77.6 Å². The summed E-state index contributed by atoms with van der Waals surface area (Å²) in [7, 11) is 0. The van der Waals surface area contributed by atoms with E-state index in [0.29, 0.717) is 0 Å². The van der Waals surface area contributed by atoms with Gasteiger partial charge in [-0.25, -0.2) is 0 Å². The number of hydrogen-bond donors (Lipinski definition) is 2. The summed E-state index contributed by atoms with van der Waals surface area (Å²) in [6.07, 6.45) is 16.4. The van der Waals surface area contributed by atoms with Crippen molar-refractivity contribution in [3.63, 3.8) is 0 Å². The van der Waals surface area contributed by atoms with Gasteiger partial charge in [-0.3, -0.25) is 4.79 Å². The summed E-state index contributed by atoms with van der Waals surface area (Å²) in [4.78, 5) is 11.4. The van der Waals surface area contributed by atoms with E-state index in [2.05, 4.69) is 12.2 Å². The molecule has 3 atom stereocenters. The quantitative estimate of drug-likeness (QED) is 0.355. The van der Waals surface area contributed by atoms with E-state index in [4.69, 9.17) is 9.47 Å². The van der Waals surface area contributed by atoms with Crippen LogP contribution in [-0.4, -0.2) is 41.7 Å². The predicted octanol–water partition coefficient (Wildman–Crippen LogP) is 5.09. The van der Waals surface area contributed by atoms with E-state index in [9.17, 15) is 9.90 Å². The molecule has 1 fully saturated rings. The maximum absolute atomic E-state index is 11.4. The summed E-state index contributed by atoms with van der Waals surface area (Å²) in [6, 6.07) is -0.415. The zero-order valence-electron chi connectivity index (χ0n) is 18.8.